The number of hydrogen-bond donors (Lipinski definition) is 2. The van der Waals surface area contributed by atoms with Gasteiger partial charge in [-0.25, -0.2) is 0 Å². The van der Waals surface area contributed by atoms with Gasteiger partial charge in [0, 0.05) is 12.6 Å². The summed E-state index contributed by atoms with van der Waals surface area (Å²) in [4.78, 5) is 11.2. The molecule has 0 unspecified atom stereocenters. The third-order valence-corrected chi connectivity index (χ3v) is 3.45. The molecule has 0 aliphatic carbocycles. The van der Waals surface area contributed by atoms with Gasteiger partial charge in [-0.15, -0.1) is 0 Å². The molecule has 0 spiro atoms. The van der Waals surface area contributed by atoms with E-state index in [1.807, 2.05) is 0 Å². The quantitative estimate of drug-likeness (QED) is 0.648. The van der Waals surface area contributed by atoms with Crippen molar-refractivity contribution in [3.8, 4) is 0 Å². The van der Waals surface area contributed by atoms with E-state index in [2.05, 4.69) is 10.1 Å². The monoisotopic (exact) mass is 259 g/mol. The van der Waals surface area contributed by atoms with E-state index in [1.165, 1.54) is 7.11 Å². The molecule has 2 aliphatic heterocycles. The molecule has 0 bridgehead atoms. The molecule has 18 heavy (non-hydrogen) atoms. The summed E-state index contributed by atoms with van der Waals surface area (Å²) in [7, 11) is 1.38. The first-order valence-corrected chi connectivity index (χ1v) is 6.40. The minimum Gasteiger partial charge on any atom is -0.469 e. The molecule has 0 aromatic rings. The number of carbonyl (C=O) groups is 1. The fraction of sp³-hybridized carbons (Fsp3) is 0.917. The van der Waals surface area contributed by atoms with Crippen LogP contribution in [0.2, 0.25) is 0 Å². The zero-order valence-corrected chi connectivity index (χ0v) is 10.6. The van der Waals surface area contributed by atoms with Gasteiger partial charge >= 0.3 is 5.97 Å². The van der Waals surface area contributed by atoms with Crippen molar-refractivity contribution in [3.63, 3.8) is 0 Å². The Hall–Kier alpha value is -0.690. The van der Waals surface area contributed by atoms with Crippen molar-refractivity contribution in [1.29, 1.82) is 0 Å². The summed E-state index contributed by atoms with van der Waals surface area (Å²) in [5, 5.41) is 12.8. The molecule has 2 heterocycles. The molecular weight excluding hydrogens is 238 g/mol. The molecule has 0 saturated carbocycles. The lowest BCUT2D eigenvalue weighted by Gasteiger charge is -2.38. The van der Waals surface area contributed by atoms with Gasteiger partial charge in [0.05, 0.1) is 45.1 Å². The fourth-order valence-corrected chi connectivity index (χ4v) is 2.44. The average molecular weight is 259 g/mol. The number of esters is 1. The summed E-state index contributed by atoms with van der Waals surface area (Å²) >= 11 is 0. The lowest BCUT2D eigenvalue weighted by atomic mass is 9.96. The Bertz CT molecular complexity index is 286. The van der Waals surface area contributed by atoms with Crippen molar-refractivity contribution in [2.45, 2.75) is 43.6 Å². The minimum atomic E-state index is -0.459. The number of aliphatic hydroxyl groups excluding tert-OH is 1. The second kappa shape index (κ2) is 6.47. The van der Waals surface area contributed by atoms with Crippen molar-refractivity contribution < 1.29 is 24.1 Å². The van der Waals surface area contributed by atoms with Crippen LogP contribution in [-0.4, -0.2) is 62.3 Å². The van der Waals surface area contributed by atoms with Gasteiger partial charge in [-0.05, 0) is 12.8 Å². The SMILES string of the molecule is COC(=O)C[C@H]1CC[C@@H]2NC[C@H](O)COC[C@H]2O1. The highest BCUT2D eigenvalue weighted by Gasteiger charge is 2.33. The van der Waals surface area contributed by atoms with Gasteiger partial charge in [-0.1, -0.05) is 0 Å². The van der Waals surface area contributed by atoms with Gasteiger partial charge in [0.15, 0.2) is 0 Å². The molecule has 2 aliphatic rings. The Morgan fingerprint density at radius 2 is 2.28 bits per heavy atom. The average Bonchev–Trinajstić information content (AvgIpc) is 2.35. The van der Waals surface area contributed by atoms with E-state index < -0.39 is 6.10 Å². The fourth-order valence-electron chi connectivity index (χ4n) is 2.44. The number of β-amino-alcohol motifs (C(OH)–C–C–N with tert-alkyl or cyclic N) is 1. The van der Waals surface area contributed by atoms with E-state index in [4.69, 9.17) is 9.47 Å². The van der Waals surface area contributed by atoms with Crippen molar-refractivity contribution in [2.75, 3.05) is 26.9 Å². The van der Waals surface area contributed by atoms with Crippen LogP contribution < -0.4 is 5.32 Å². The first-order chi connectivity index (χ1) is 8.69. The highest BCUT2D eigenvalue weighted by atomic mass is 16.6. The zero-order valence-electron chi connectivity index (χ0n) is 10.6. The predicted molar refractivity (Wildman–Crippen MR) is 63.1 cm³/mol. The number of methoxy groups -OCH3 is 1. The number of nitrogens with one attached hydrogen (secondary N) is 1. The van der Waals surface area contributed by atoms with Crippen LogP contribution in [-0.2, 0) is 19.0 Å². The summed E-state index contributed by atoms with van der Waals surface area (Å²) in [6.45, 7) is 1.29. The maximum atomic E-state index is 11.2. The van der Waals surface area contributed by atoms with Crippen LogP contribution in [0.15, 0.2) is 0 Å². The van der Waals surface area contributed by atoms with E-state index in [0.717, 1.165) is 12.8 Å². The van der Waals surface area contributed by atoms with Gasteiger partial charge in [-0.2, -0.15) is 0 Å². The van der Waals surface area contributed by atoms with Crippen LogP contribution in [0.25, 0.3) is 0 Å². The molecular formula is C12H21NO5. The van der Waals surface area contributed by atoms with E-state index in [-0.39, 0.29) is 24.2 Å². The molecule has 6 nitrogen and oxygen atoms in total. The Kier molecular flexibility index (Phi) is 4.94. The standard InChI is InChI=1S/C12H21NO5/c1-16-12(15)4-9-2-3-10-11(18-9)7-17-6-8(14)5-13-10/h8-11,13-14H,2-7H2,1H3/t8-,9+,10-,11+/m0/s1. The highest BCUT2D eigenvalue weighted by Crippen LogP contribution is 2.23. The van der Waals surface area contributed by atoms with E-state index in [1.54, 1.807) is 0 Å². The van der Waals surface area contributed by atoms with Gasteiger partial charge in [0.1, 0.15) is 0 Å². The maximum Gasteiger partial charge on any atom is 0.308 e. The Labute approximate surface area is 107 Å². The first-order valence-electron chi connectivity index (χ1n) is 6.40. The third kappa shape index (κ3) is 3.65. The van der Waals surface area contributed by atoms with Crippen LogP contribution in [0.3, 0.4) is 0 Å². The van der Waals surface area contributed by atoms with Gasteiger partial charge in [0.25, 0.3) is 0 Å². The van der Waals surface area contributed by atoms with E-state index >= 15 is 0 Å². The normalized spacial score (nSPS) is 37.2. The van der Waals surface area contributed by atoms with Crippen LogP contribution >= 0.6 is 0 Å². The number of fused-ring (bicyclic) bond motifs is 1. The van der Waals surface area contributed by atoms with Crippen LogP contribution in [0, 0.1) is 0 Å². The van der Waals surface area contributed by atoms with E-state index in [9.17, 15) is 9.90 Å². The number of ether oxygens (including phenoxy) is 3. The highest BCUT2D eigenvalue weighted by molar-refractivity contribution is 5.69. The van der Waals surface area contributed by atoms with Crippen molar-refractivity contribution in [2.24, 2.45) is 0 Å². The molecule has 104 valence electrons. The van der Waals surface area contributed by atoms with Gasteiger partial charge in [-0.3, -0.25) is 4.79 Å². The summed E-state index contributed by atoms with van der Waals surface area (Å²) < 4.78 is 15.9. The van der Waals surface area contributed by atoms with E-state index in [0.29, 0.717) is 26.2 Å². The molecule has 0 radical (unpaired) electrons. The molecule has 0 amide bonds. The first kappa shape index (κ1) is 13.7. The minimum absolute atomic E-state index is 0.0547. The molecule has 4 atom stereocenters. The maximum absolute atomic E-state index is 11.2. The second-order valence-electron chi connectivity index (χ2n) is 4.86. The number of hydrogen-bond acceptors (Lipinski definition) is 6. The van der Waals surface area contributed by atoms with Crippen molar-refractivity contribution >= 4 is 5.97 Å². The molecule has 0 aromatic carbocycles. The zero-order chi connectivity index (χ0) is 13.0. The van der Waals surface area contributed by atoms with Crippen molar-refractivity contribution in [1.82, 2.24) is 5.32 Å². The Morgan fingerprint density at radius 1 is 1.44 bits per heavy atom. The lowest BCUT2D eigenvalue weighted by Crippen LogP contribution is -2.53. The van der Waals surface area contributed by atoms with Crippen LogP contribution in [0.5, 0.6) is 0 Å². The van der Waals surface area contributed by atoms with Gasteiger partial charge in [0.2, 0.25) is 0 Å². The summed E-state index contributed by atoms with van der Waals surface area (Å²) in [5.41, 5.74) is 0. The molecule has 2 saturated heterocycles. The number of aliphatic hydroxyl groups is 1. The molecule has 6 heteroatoms. The second-order valence-corrected chi connectivity index (χ2v) is 4.86. The smallest absolute Gasteiger partial charge is 0.308 e. The van der Waals surface area contributed by atoms with Crippen molar-refractivity contribution in [3.05, 3.63) is 0 Å². The van der Waals surface area contributed by atoms with Crippen LogP contribution in [0.4, 0.5) is 0 Å². The summed E-state index contributed by atoms with van der Waals surface area (Å²) in [6.07, 6.45) is 1.43. The number of rotatable bonds is 2. The largest absolute Gasteiger partial charge is 0.469 e. The Morgan fingerprint density at radius 3 is 3.06 bits per heavy atom. The van der Waals surface area contributed by atoms with Crippen LogP contribution in [0.1, 0.15) is 19.3 Å². The Balaban J connectivity index is 1.85. The molecule has 0 aromatic heterocycles. The summed E-state index contributed by atoms with van der Waals surface area (Å²) in [5.74, 6) is -0.242. The lowest BCUT2D eigenvalue weighted by molar-refractivity contribution is -0.152. The predicted octanol–water partition coefficient (Wildman–Crippen LogP) is -0.554. The van der Waals surface area contributed by atoms with Gasteiger partial charge < -0.3 is 24.6 Å². The number of carbonyl (C=O) groups excluding carboxylic acids is 1. The molecule has 2 rings (SSSR count). The third-order valence-electron chi connectivity index (χ3n) is 3.45. The topological polar surface area (TPSA) is 77.0 Å². The molecule has 2 N–H and O–H groups in total. The molecule has 2 fully saturated rings. The summed E-state index contributed by atoms with van der Waals surface area (Å²) in [6, 6.07) is 0.189.